The number of halogens is 1. The molecule has 0 heterocycles. The third-order valence-electron chi connectivity index (χ3n) is 3.22. The Bertz CT molecular complexity index is 543. The summed E-state index contributed by atoms with van der Waals surface area (Å²) >= 11 is 5.85. The predicted octanol–water partition coefficient (Wildman–Crippen LogP) is 2.78. The van der Waals surface area contributed by atoms with Crippen LogP contribution in [0.25, 0.3) is 0 Å². The molecule has 4 nitrogen and oxygen atoms in total. The molecule has 0 radical (unpaired) electrons. The number of hydrogen-bond acceptors (Lipinski definition) is 3. The lowest BCUT2D eigenvalue weighted by molar-refractivity contribution is 0.171. The summed E-state index contributed by atoms with van der Waals surface area (Å²) in [6.45, 7) is 6.20. The summed E-state index contributed by atoms with van der Waals surface area (Å²) in [5, 5.41) is 0. The molecule has 1 aromatic carbocycles. The van der Waals surface area contributed by atoms with Gasteiger partial charge in [0, 0.05) is 25.6 Å². The van der Waals surface area contributed by atoms with Gasteiger partial charge in [0.2, 0.25) is 10.0 Å². The van der Waals surface area contributed by atoms with Crippen molar-refractivity contribution in [3.8, 4) is 0 Å². The van der Waals surface area contributed by atoms with Crippen LogP contribution in [0.3, 0.4) is 0 Å². The van der Waals surface area contributed by atoms with Gasteiger partial charge in [-0.3, -0.25) is 0 Å². The van der Waals surface area contributed by atoms with Crippen LogP contribution in [-0.4, -0.2) is 39.0 Å². The van der Waals surface area contributed by atoms with Gasteiger partial charge >= 0.3 is 0 Å². The lowest BCUT2D eigenvalue weighted by Crippen LogP contribution is -2.39. The van der Waals surface area contributed by atoms with Crippen LogP contribution in [0.2, 0.25) is 0 Å². The molecular formula is C14H22ClNO3S. The number of sulfonamides is 1. The fourth-order valence-corrected chi connectivity index (χ4v) is 4.23. The number of alkyl halides is 1. The summed E-state index contributed by atoms with van der Waals surface area (Å²) in [6.07, 6.45) is 0. The zero-order valence-corrected chi connectivity index (χ0v) is 14.0. The third kappa shape index (κ3) is 3.73. The van der Waals surface area contributed by atoms with Gasteiger partial charge in [0.15, 0.2) is 0 Å². The molecule has 1 rings (SSSR count). The molecule has 0 unspecified atom stereocenters. The number of methoxy groups -OCH3 is 1. The summed E-state index contributed by atoms with van der Waals surface area (Å²) in [7, 11) is -1.98. The fourth-order valence-electron chi connectivity index (χ4n) is 2.05. The molecule has 0 atom stereocenters. The zero-order chi connectivity index (χ0) is 15.3. The second-order valence-electron chi connectivity index (χ2n) is 4.88. The normalized spacial score (nSPS) is 12.3. The Balaban J connectivity index is 3.26. The van der Waals surface area contributed by atoms with Crippen molar-refractivity contribution in [3.05, 3.63) is 29.3 Å². The summed E-state index contributed by atoms with van der Waals surface area (Å²) in [4.78, 5) is 0.320. The monoisotopic (exact) mass is 319 g/mol. The molecule has 0 saturated carbocycles. The molecule has 0 fully saturated rings. The van der Waals surface area contributed by atoms with E-state index in [4.69, 9.17) is 16.3 Å². The molecule has 0 aliphatic rings. The van der Waals surface area contributed by atoms with Crippen LogP contribution in [0.15, 0.2) is 23.1 Å². The lowest BCUT2D eigenvalue weighted by Gasteiger charge is -2.26. The maximum Gasteiger partial charge on any atom is 0.243 e. The molecule has 1 aromatic rings. The maximum absolute atomic E-state index is 12.8. The van der Waals surface area contributed by atoms with E-state index in [0.717, 1.165) is 5.56 Å². The minimum absolute atomic E-state index is 0.130. The number of ether oxygens (including phenoxy) is 1. The Morgan fingerprint density at radius 1 is 1.35 bits per heavy atom. The molecule has 0 aromatic heterocycles. The van der Waals surface area contributed by atoms with Crippen molar-refractivity contribution in [1.82, 2.24) is 4.31 Å². The van der Waals surface area contributed by atoms with Gasteiger partial charge in [-0.2, -0.15) is 4.31 Å². The van der Waals surface area contributed by atoms with Gasteiger partial charge in [-0.25, -0.2) is 8.42 Å². The van der Waals surface area contributed by atoms with Crippen LogP contribution < -0.4 is 0 Å². The minimum atomic E-state index is -3.54. The van der Waals surface area contributed by atoms with Gasteiger partial charge in [-0.15, -0.1) is 11.6 Å². The van der Waals surface area contributed by atoms with Crippen molar-refractivity contribution in [1.29, 1.82) is 0 Å². The van der Waals surface area contributed by atoms with E-state index in [1.165, 1.54) is 4.31 Å². The molecule has 0 bridgehead atoms. The lowest BCUT2D eigenvalue weighted by atomic mass is 10.1. The van der Waals surface area contributed by atoms with E-state index in [0.29, 0.717) is 29.5 Å². The highest BCUT2D eigenvalue weighted by Crippen LogP contribution is 2.24. The third-order valence-corrected chi connectivity index (χ3v) is 5.73. The number of hydrogen-bond donors (Lipinski definition) is 0. The second-order valence-corrected chi connectivity index (χ2v) is 7.00. The molecule has 0 spiro atoms. The van der Waals surface area contributed by atoms with Crippen molar-refractivity contribution in [2.45, 2.75) is 37.6 Å². The zero-order valence-electron chi connectivity index (χ0n) is 12.4. The molecule has 20 heavy (non-hydrogen) atoms. The summed E-state index contributed by atoms with van der Waals surface area (Å²) < 4.78 is 32.0. The smallest absolute Gasteiger partial charge is 0.243 e. The molecule has 0 aliphatic heterocycles. The standard InChI is InChI=1S/C14H22ClNO3S/c1-11(2)16(8-9-19-4)20(17,18)14-7-5-6-13(10-15)12(14)3/h5-7,11H,8-10H2,1-4H3. The molecule has 0 N–H and O–H groups in total. The van der Waals surface area contributed by atoms with Crippen molar-refractivity contribution in [2.75, 3.05) is 20.3 Å². The Kier molecular flexibility index (Phi) is 6.45. The Hall–Kier alpha value is -0.620. The van der Waals surface area contributed by atoms with Crippen molar-refractivity contribution in [3.63, 3.8) is 0 Å². The SMILES string of the molecule is COCCN(C(C)C)S(=O)(=O)c1cccc(CCl)c1C. The van der Waals surface area contributed by atoms with E-state index in [2.05, 4.69) is 0 Å². The first-order valence-electron chi connectivity index (χ1n) is 6.51. The van der Waals surface area contributed by atoms with E-state index in [1.54, 1.807) is 26.2 Å². The maximum atomic E-state index is 12.8. The van der Waals surface area contributed by atoms with Crippen molar-refractivity contribution in [2.24, 2.45) is 0 Å². The Morgan fingerprint density at radius 2 is 2.00 bits per heavy atom. The molecule has 0 aliphatic carbocycles. The molecule has 0 saturated heterocycles. The highest BCUT2D eigenvalue weighted by Gasteiger charge is 2.28. The van der Waals surface area contributed by atoms with E-state index in [9.17, 15) is 8.42 Å². The van der Waals surface area contributed by atoms with Crippen LogP contribution >= 0.6 is 11.6 Å². The van der Waals surface area contributed by atoms with Crippen LogP contribution in [0.1, 0.15) is 25.0 Å². The number of nitrogens with zero attached hydrogens (tertiary/aromatic N) is 1. The quantitative estimate of drug-likeness (QED) is 0.726. The topological polar surface area (TPSA) is 46.6 Å². The average Bonchev–Trinajstić information content (AvgIpc) is 2.38. The molecule has 0 amide bonds. The van der Waals surface area contributed by atoms with E-state index >= 15 is 0 Å². The second kappa shape index (κ2) is 7.41. The van der Waals surface area contributed by atoms with Crippen molar-refractivity contribution >= 4 is 21.6 Å². The first-order valence-corrected chi connectivity index (χ1v) is 8.49. The van der Waals surface area contributed by atoms with Crippen LogP contribution in [0.4, 0.5) is 0 Å². The highest BCUT2D eigenvalue weighted by atomic mass is 35.5. The first-order chi connectivity index (χ1) is 9.36. The Morgan fingerprint density at radius 3 is 2.50 bits per heavy atom. The van der Waals surface area contributed by atoms with Crippen molar-refractivity contribution < 1.29 is 13.2 Å². The van der Waals surface area contributed by atoms with Gasteiger partial charge in [0.05, 0.1) is 11.5 Å². The molecule has 114 valence electrons. The average molecular weight is 320 g/mol. The van der Waals surface area contributed by atoms with Gasteiger partial charge in [0.25, 0.3) is 0 Å². The summed E-state index contributed by atoms with van der Waals surface area (Å²) in [6, 6.07) is 5.07. The summed E-state index contributed by atoms with van der Waals surface area (Å²) in [5.74, 6) is 0.301. The van der Waals surface area contributed by atoms with E-state index in [-0.39, 0.29) is 6.04 Å². The van der Waals surface area contributed by atoms with Crippen LogP contribution in [0.5, 0.6) is 0 Å². The highest BCUT2D eigenvalue weighted by molar-refractivity contribution is 7.89. The van der Waals surface area contributed by atoms with E-state index in [1.807, 2.05) is 19.9 Å². The minimum Gasteiger partial charge on any atom is -0.383 e. The van der Waals surface area contributed by atoms with Crippen LogP contribution in [-0.2, 0) is 20.6 Å². The van der Waals surface area contributed by atoms with Crippen LogP contribution in [0, 0.1) is 6.92 Å². The van der Waals surface area contributed by atoms with Gasteiger partial charge in [0.1, 0.15) is 0 Å². The number of benzene rings is 1. The fraction of sp³-hybridized carbons (Fsp3) is 0.571. The largest absolute Gasteiger partial charge is 0.383 e. The molecular weight excluding hydrogens is 298 g/mol. The number of rotatable bonds is 7. The summed E-state index contributed by atoms with van der Waals surface area (Å²) in [5.41, 5.74) is 1.55. The van der Waals surface area contributed by atoms with Gasteiger partial charge in [-0.05, 0) is 38.0 Å². The Labute approximate surface area is 126 Å². The van der Waals surface area contributed by atoms with E-state index < -0.39 is 10.0 Å². The predicted molar refractivity (Wildman–Crippen MR) is 81.6 cm³/mol. The van der Waals surface area contributed by atoms with Gasteiger partial charge in [-0.1, -0.05) is 12.1 Å². The first kappa shape index (κ1) is 17.4. The molecule has 6 heteroatoms. The van der Waals surface area contributed by atoms with Gasteiger partial charge < -0.3 is 4.74 Å².